The summed E-state index contributed by atoms with van der Waals surface area (Å²) in [6, 6.07) is 3.06. The van der Waals surface area contributed by atoms with Crippen LogP contribution in [-0.4, -0.2) is 44.8 Å². The molecule has 0 spiro atoms. The first-order valence-corrected chi connectivity index (χ1v) is 7.38. The van der Waals surface area contributed by atoms with Gasteiger partial charge in [0.15, 0.2) is 0 Å². The molecule has 1 fully saturated rings. The van der Waals surface area contributed by atoms with Crippen LogP contribution in [0.5, 0.6) is 0 Å². The quantitative estimate of drug-likeness (QED) is 0.930. The van der Waals surface area contributed by atoms with Gasteiger partial charge >= 0.3 is 5.97 Å². The minimum absolute atomic E-state index is 0.0225. The summed E-state index contributed by atoms with van der Waals surface area (Å²) in [5.74, 6) is -3.49. The number of benzene rings is 1. The first-order chi connectivity index (χ1) is 11.4. The smallest absolute Gasteiger partial charge is 0.308 e. The number of carbonyl (C=O) groups excluding carboxylic acids is 1. The molecular weight excluding hydrogens is 320 g/mol. The highest BCUT2D eigenvalue weighted by atomic mass is 19.1. The fourth-order valence-corrected chi connectivity index (χ4v) is 2.84. The number of amides is 1. The molecule has 0 bridgehead atoms. The van der Waals surface area contributed by atoms with Crippen LogP contribution in [0.25, 0.3) is 11.3 Å². The normalized spacial score (nSPS) is 17.3. The van der Waals surface area contributed by atoms with Crippen LogP contribution < -0.4 is 0 Å². The molecule has 0 unspecified atom stereocenters. The molecular formula is C16H15F2N3O3. The molecule has 1 amide bonds. The van der Waals surface area contributed by atoms with Gasteiger partial charge in [0.1, 0.15) is 17.3 Å². The van der Waals surface area contributed by atoms with E-state index in [1.165, 1.54) is 21.8 Å². The lowest BCUT2D eigenvalue weighted by Crippen LogP contribution is -2.30. The number of carboxylic acids is 1. The lowest BCUT2D eigenvalue weighted by atomic mass is 10.1. The molecule has 1 aliphatic heterocycles. The second-order valence-corrected chi connectivity index (χ2v) is 5.76. The van der Waals surface area contributed by atoms with Crippen molar-refractivity contribution >= 4 is 11.9 Å². The van der Waals surface area contributed by atoms with Gasteiger partial charge in [0.25, 0.3) is 5.91 Å². The first kappa shape index (κ1) is 16.1. The molecule has 1 atom stereocenters. The van der Waals surface area contributed by atoms with Crippen molar-refractivity contribution in [1.29, 1.82) is 0 Å². The molecule has 2 heterocycles. The van der Waals surface area contributed by atoms with Gasteiger partial charge in [0.2, 0.25) is 0 Å². The number of nitrogens with zero attached hydrogens (tertiary/aromatic N) is 3. The zero-order chi connectivity index (χ0) is 17.4. The van der Waals surface area contributed by atoms with Crippen molar-refractivity contribution in [2.75, 3.05) is 13.1 Å². The number of halogens is 2. The number of aromatic nitrogens is 2. The minimum atomic E-state index is -0.943. The molecule has 0 saturated carbocycles. The fourth-order valence-electron chi connectivity index (χ4n) is 2.84. The Balaban J connectivity index is 1.95. The molecule has 8 heteroatoms. The third kappa shape index (κ3) is 2.86. The van der Waals surface area contributed by atoms with E-state index in [2.05, 4.69) is 5.10 Å². The highest BCUT2D eigenvalue weighted by Crippen LogP contribution is 2.28. The van der Waals surface area contributed by atoms with Gasteiger partial charge in [-0.15, -0.1) is 0 Å². The van der Waals surface area contributed by atoms with Gasteiger partial charge in [-0.1, -0.05) is 0 Å². The number of carboxylic acid groups (broad SMARTS) is 1. The second-order valence-electron chi connectivity index (χ2n) is 5.76. The average Bonchev–Trinajstić information content (AvgIpc) is 3.13. The summed E-state index contributed by atoms with van der Waals surface area (Å²) in [6.07, 6.45) is 1.83. The Morgan fingerprint density at radius 1 is 1.33 bits per heavy atom. The number of aliphatic carboxylic acids is 1. The van der Waals surface area contributed by atoms with Gasteiger partial charge < -0.3 is 10.0 Å². The summed E-state index contributed by atoms with van der Waals surface area (Å²) in [4.78, 5) is 25.1. The van der Waals surface area contributed by atoms with Crippen molar-refractivity contribution in [3.05, 3.63) is 41.6 Å². The molecule has 3 rings (SSSR count). The third-order valence-corrected chi connectivity index (χ3v) is 4.07. The van der Waals surface area contributed by atoms with Gasteiger partial charge in [-0.3, -0.25) is 14.3 Å². The largest absolute Gasteiger partial charge is 0.481 e. The molecule has 1 N–H and O–H groups in total. The maximum atomic E-state index is 14.0. The third-order valence-electron chi connectivity index (χ3n) is 4.07. The topological polar surface area (TPSA) is 75.4 Å². The lowest BCUT2D eigenvalue weighted by Gasteiger charge is -2.15. The summed E-state index contributed by atoms with van der Waals surface area (Å²) in [5.41, 5.74) is 0.294. The van der Waals surface area contributed by atoms with E-state index in [-0.39, 0.29) is 23.4 Å². The number of likely N-dealkylation sites (tertiary alicyclic amines) is 1. The number of carbonyl (C=O) groups is 2. The van der Waals surface area contributed by atoms with Gasteiger partial charge in [0.05, 0.1) is 11.5 Å². The van der Waals surface area contributed by atoms with Crippen molar-refractivity contribution in [1.82, 2.24) is 14.7 Å². The monoisotopic (exact) mass is 335 g/mol. The Kier molecular flexibility index (Phi) is 4.04. The standard InChI is InChI=1S/C16H15F2N3O3/c1-20-8-12(15(22)21-5-4-9(7-21)16(23)24)14(19-20)11-3-2-10(17)6-13(11)18/h2-3,6,8-9H,4-5,7H2,1H3,(H,23,24)/t9-/m0/s1. The molecule has 6 nitrogen and oxygen atoms in total. The van der Waals surface area contributed by atoms with E-state index in [1.54, 1.807) is 7.05 Å². The van der Waals surface area contributed by atoms with Crippen LogP contribution in [0.3, 0.4) is 0 Å². The van der Waals surface area contributed by atoms with E-state index in [4.69, 9.17) is 5.11 Å². The number of rotatable bonds is 3. The first-order valence-electron chi connectivity index (χ1n) is 7.38. The summed E-state index contributed by atoms with van der Waals surface area (Å²) >= 11 is 0. The molecule has 0 aliphatic carbocycles. The molecule has 2 aromatic rings. The van der Waals surface area contributed by atoms with Crippen molar-refractivity contribution < 1.29 is 23.5 Å². The molecule has 1 aliphatic rings. The Labute approximate surface area is 136 Å². The van der Waals surface area contributed by atoms with Gasteiger partial charge in [-0.2, -0.15) is 5.10 Å². The number of aryl methyl sites for hydroxylation is 1. The van der Waals surface area contributed by atoms with Crippen LogP contribution in [0.1, 0.15) is 16.8 Å². The minimum Gasteiger partial charge on any atom is -0.481 e. The van der Waals surface area contributed by atoms with E-state index in [9.17, 15) is 18.4 Å². The summed E-state index contributed by atoms with van der Waals surface area (Å²) < 4.78 is 28.5. The zero-order valence-corrected chi connectivity index (χ0v) is 12.9. The van der Waals surface area contributed by atoms with Crippen LogP contribution >= 0.6 is 0 Å². The van der Waals surface area contributed by atoms with Crippen LogP contribution in [0.2, 0.25) is 0 Å². The molecule has 24 heavy (non-hydrogen) atoms. The fraction of sp³-hybridized carbons (Fsp3) is 0.312. The van der Waals surface area contributed by atoms with Crippen molar-refractivity contribution in [2.24, 2.45) is 13.0 Å². The second kappa shape index (κ2) is 6.03. The Bertz CT molecular complexity index is 819. The maximum absolute atomic E-state index is 14.0. The molecule has 0 radical (unpaired) electrons. The number of hydrogen-bond acceptors (Lipinski definition) is 3. The molecule has 126 valence electrons. The Morgan fingerprint density at radius 3 is 2.71 bits per heavy atom. The van der Waals surface area contributed by atoms with E-state index in [0.717, 1.165) is 12.1 Å². The highest BCUT2D eigenvalue weighted by molar-refractivity contribution is 6.00. The van der Waals surface area contributed by atoms with Gasteiger partial charge in [-0.25, -0.2) is 8.78 Å². The van der Waals surface area contributed by atoms with Crippen LogP contribution in [0.15, 0.2) is 24.4 Å². The van der Waals surface area contributed by atoms with Crippen LogP contribution in [-0.2, 0) is 11.8 Å². The van der Waals surface area contributed by atoms with Crippen molar-refractivity contribution in [3.8, 4) is 11.3 Å². The van der Waals surface area contributed by atoms with Crippen molar-refractivity contribution in [3.63, 3.8) is 0 Å². The average molecular weight is 335 g/mol. The van der Waals surface area contributed by atoms with E-state index >= 15 is 0 Å². The predicted octanol–water partition coefficient (Wildman–Crippen LogP) is 1.91. The van der Waals surface area contributed by atoms with E-state index < -0.39 is 29.4 Å². The molecule has 1 aromatic heterocycles. The SMILES string of the molecule is Cn1cc(C(=O)N2CC[C@H](C(=O)O)C2)c(-c2ccc(F)cc2F)n1. The Morgan fingerprint density at radius 2 is 2.08 bits per heavy atom. The molecule has 1 aromatic carbocycles. The molecule has 1 saturated heterocycles. The van der Waals surface area contributed by atoms with E-state index in [0.29, 0.717) is 13.0 Å². The summed E-state index contributed by atoms with van der Waals surface area (Å²) in [7, 11) is 1.59. The van der Waals surface area contributed by atoms with E-state index in [1.807, 2.05) is 0 Å². The Hall–Kier alpha value is -2.77. The van der Waals surface area contributed by atoms with Gasteiger partial charge in [0, 0.05) is 38.0 Å². The van der Waals surface area contributed by atoms with Crippen molar-refractivity contribution in [2.45, 2.75) is 6.42 Å². The summed E-state index contributed by atoms with van der Waals surface area (Å²) in [5, 5.41) is 13.2. The van der Waals surface area contributed by atoms with Gasteiger partial charge in [-0.05, 0) is 18.6 Å². The summed E-state index contributed by atoms with van der Waals surface area (Å²) in [6.45, 7) is 0.421. The lowest BCUT2D eigenvalue weighted by molar-refractivity contribution is -0.141. The maximum Gasteiger partial charge on any atom is 0.308 e. The van der Waals surface area contributed by atoms with Crippen LogP contribution in [0, 0.1) is 17.6 Å². The number of hydrogen-bond donors (Lipinski definition) is 1. The highest BCUT2D eigenvalue weighted by Gasteiger charge is 2.33. The predicted molar refractivity (Wildman–Crippen MR) is 80.2 cm³/mol. The van der Waals surface area contributed by atoms with Crippen LogP contribution in [0.4, 0.5) is 8.78 Å². The zero-order valence-electron chi connectivity index (χ0n) is 12.9.